The predicted octanol–water partition coefficient (Wildman–Crippen LogP) is 3.81. The summed E-state index contributed by atoms with van der Waals surface area (Å²) >= 11 is 10.9. The summed E-state index contributed by atoms with van der Waals surface area (Å²) in [6, 6.07) is 5.70. The molecule has 0 bridgehead atoms. The number of hydrogen-bond donors (Lipinski definition) is 1. The highest BCUT2D eigenvalue weighted by Crippen LogP contribution is 2.36. The molecule has 0 unspecified atom stereocenters. The van der Waals surface area contributed by atoms with Gasteiger partial charge in [-0.15, -0.1) is 11.3 Å². The number of rotatable bonds is 1. The molecule has 1 nitrogen and oxygen atoms in total. The van der Waals surface area contributed by atoms with E-state index in [0.29, 0.717) is 5.02 Å². The lowest BCUT2D eigenvalue weighted by Gasteiger charge is -1.94. The minimum atomic E-state index is 0.0426. The fourth-order valence-electron chi connectivity index (χ4n) is 1.24. The number of benzene rings is 1. The van der Waals surface area contributed by atoms with Gasteiger partial charge in [0.2, 0.25) is 0 Å². The van der Waals surface area contributed by atoms with Crippen molar-refractivity contribution in [2.45, 2.75) is 6.61 Å². The van der Waals surface area contributed by atoms with Crippen molar-refractivity contribution in [2.24, 2.45) is 0 Å². The van der Waals surface area contributed by atoms with Crippen molar-refractivity contribution in [1.82, 2.24) is 0 Å². The van der Waals surface area contributed by atoms with E-state index in [1.807, 2.05) is 18.2 Å². The van der Waals surface area contributed by atoms with Gasteiger partial charge in [-0.05, 0) is 34.1 Å². The molecule has 1 heterocycles. The van der Waals surface area contributed by atoms with Crippen LogP contribution in [0.1, 0.15) is 5.56 Å². The van der Waals surface area contributed by atoms with E-state index in [-0.39, 0.29) is 6.61 Å². The lowest BCUT2D eigenvalue weighted by molar-refractivity contribution is 0.283. The summed E-state index contributed by atoms with van der Waals surface area (Å²) in [5.74, 6) is 0. The first-order chi connectivity index (χ1) is 6.22. The third-order valence-corrected chi connectivity index (χ3v) is 4.06. The Kier molecular flexibility index (Phi) is 2.60. The van der Waals surface area contributed by atoms with Crippen molar-refractivity contribution < 1.29 is 5.11 Å². The van der Waals surface area contributed by atoms with Crippen LogP contribution in [0, 0.1) is 0 Å². The van der Waals surface area contributed by atoms with E-state index in [2.05, 4.69) is 15.9 Å². The molecule has 4 heteroatoms. The average molecular weight is 278 g/mol. The summed E-state index contributed by atoms with van der Waals surface area (Å²) in [5.41, 5.74) is 0.919. The van der Waals surface area contributed by atoms with Gasteiger partial charge in [0.05, 0.1) is 10.4 Å². The first kappa shape index (κ1) is 9.46. The molecule has 0 amide bonds. The van der Waals surface area contributed by atoms with Gasteiger partial charge in [-0.1, -0.05) is 11.6 Å². The van der Waals surface area contributed by atoms with Crippen molar-refractivity contribution in [2.75, 3.05) is 0 Å². The Morgan fingerprint density at radius 2 is 2.23 bits per heavy atom. The molecular formula is C9H6BrClOS. The molecule has 0 radical (unpaired) electrons. The molecule has 1 aromatic carbocycles. The van der Waals surface area contributed by atoms with E-state index in [1.54, 1.807) is 11.3 Å². The fraction of sp³-hybridized carbons (Fsp3) is 0.111. The van der Waals surface area contributed by atoms with Gasteiger partial charge in [-0.3, -0.25) is 0 Å². The van der Waals surface area contributed by atoms with Crippen LogP contribution in [-0.2, 0) is 6.61 Å². The average Bonchev–Trinajstić information content (AvgIpc) is 2.40. The van der Waals surface area contributed by atoms with Gasteiger partial charge < -0.3 is 5.11 Å². The molecule has 0 aliphatic rings. The smallest absolute Gasteiger partial charge is 0.0766 e. The van der Waals surface area contributed by atoms with Gasteiger partial charge >= 0.3 is 0 Å². The lowest BCUT2D eigenvalue weighted by Crippen LogP contribution is -1.79. The van der Waals surface area contributed by atoms with Crippen molar-refractivity contribution >= 4 is 49.0 Å². The maximum Gasteiger partial charge on any atom is 0.0766 e. The second-order valence-electron chi connectivity index (χ2n) is 2.65. The normalized spacial score (nSPS) is 11.0. The van der Waals surface area contributed by atoms with Crippen LogP contribution < -0.4 is 0 Å². The van der Waals surface area contributed by atoms with Crippen LogP contribution in [-0.4, -0.2) is 5.11 Å². The minimum Gasteiger partial charge on any atom is -0.392 e. The zero-order valence-electron chi connectivity index (χ0n) is 6.55. The standard InChI is InChI=1S/C9H6BrClOS/c10-9-7(4-12)6-3-5(11)1-2-8(6)13-9/h1-3,12H,4H2. The molecule has 0 saturated heterocycles. The van der Waals surface area contributed by atoms with E-state index in [1.165, 1.54) is 0 Å². The van der Waals surface area contributed by atoms with E-state index < -0.39 is 0 Å². The van der Waals surface area contributed by atoms with Crippen molar-refractivity contribution in [1.29, 1.82) is 0 Å². The zero-order chi connectivity index (χ0) is 9.42. The summed E-state index contributed by atoms with van der Waals surface area (Å²) in [6.45, 7) is 0.0426. The van der Waals surface area contributed by atoms with Crippen LogP contribution >= 0.6 is 38.9 Å². The summed E-state index contributed by atoms with van der Waals surface area (Å²) in [5, 5.41) is 10.9. The van der Waals surface area contributed by atoms with E-state index in [0.717, 1.165) is 19.4 Å². The fourth-order valence-corrected chi connectivity index (χ4v) is 3.19. The highest BCUT2D eigenvalue weighted by atomic mass is 79.9. The first-order valence-electron chi connectivity index (χ1n) is 3.69. The Labute approximate surface area is 93.1 Å². The SMILES string of the molecule is OCc1c(Br)sc2ccc(Cl)cc12. The summed E-state index contributed by atoms with van der Waals surface area (Å²) < 4.78 is 2.12. The van der Waals surface area contributed by atoms with E-state index >= 15 is 0 Å². The van der Waals surface area contributed by atoms with Gasteiger partial charge in [-0.2, -0.15) is 0 Å². The third-order valence-electron chi connectivity index (χ3n) is 1.86. The molecular weight excluding hydrogens is 272 g/mol. The number of hydrogen-bond acceptors (Lipinski definition) is 2. The van der Waals surface area contributed by atoms with Gasteiger partial charge in [-0.25, -0.2) is 0 Å². The molecule has 0 fully saturated rings. The highest BCUT2D eigenvalue weighted by molar-refractivity contribution is 9.11. The number of fused-ring (bicyclic) bond motifs is 1. The van der Waals surface area contributed by atoms with Gasteiger partial charge in [0, 0.05) is 20.7 Å². The maximum atomic E-state index is 9.13. The van der Waals surface area contributed by atoms with E-state index in [4.69, 9.17) is 16.7 Å². The van der Waals surface area contributed by atoms with Gasteiger partial charge in [0.1, 0.15) is 0 Å². The number of aliphatic hydroxyl groups excluding tert-OH is 1. The Bertz CT molecular complexity index is 452. The Balaban J connectivity index is 2.80. The molecule has 1 aromatic heterocycles. The van der Waals surface area contributed by atoms with Crippen molar-refractivity contribution in [3.05, 3.63) is 32.6 Å². The van der Waals surface area contributed by atoms with Gasteiger partial charge in [0.15, 0.2) is 0 Å². The van der Waals surface area contributed by atoms with Crippen molar-refractivity contribution in [3.8, 4) is 0 Å². The first-order valence-corrected chi connectivity index (χ1v) is 5.68. The largest absolute Gasteiger partial charge is 0.392 e. The third kappa shape index (κ3) is 1.62. The van der Waals surface area contributed by atoms with E-state index in [9.17, 15) is 0 Å². The monoisotopic (exact) mass is 276 g/mol. The Hall–Kier alpha value is -0.0900. The molecule has 0 spiro atoms. The molecule has 13 heavy (non-hydrogen) atoms. The van der Waals surface area contributed by atoms with Crippen LogP contribution in [0.4, 0.5) is 0 Å². The van der Waals surface area contributed by atoms with Crippen LogP contribution in [0.15, 0.2) is 22.0 Å². The second-order valence-corrected chi connectivity index (χ2v) is 5.46. The Morgan fingerprint density at radius 3 is 2.92 bits per heavy atom. The molecule has 0 aliphatic carbocycles. The molecule has 1 N–H and O–H groups in total. The van der Waals surface area contributed by atoms with Crippen LogP contribution in [0.25, 0.3) is 10.1 Å². The summed E-state index contributed by atoms with van der Waals surface area (Å²) in [4.78, 5) is 0. The number of thiophene rings is 1. The van der Waals surface area contributed by atoms with Crippen molar-refractivity contribution in [3.63, 3.8) is 0 Å². The minimum absolute atomic E-state index is 0.0426. The molecule has 0 saturated carbocycles. The molecule has 2 aromatic rings. The molecule has 0 atom stereocenters. The van der Waals surface area contributed by atoms with Crippen LogP contribution in [0.2, 0.25) is 5.02 Å². The van der Waals surface area contributed by atoms with Gasteiger partial charge in [0.25, 0.3) is 0 Å². The second kappa shape index (κ2) is 3.58. The number of halogens is 2. The zero-order valence-corrected chi connectivity index (χ0v) is 9.71. The topological polar surface area (TPSA) is 20.2 Å². The predicted molar refractivity (Wildman–Crippen MR) is 60.5 cm³/mol. The van der Waals surface area contributed by atoms with Crippen LogP contribution in [0.3, 0.4) is 0 Å². The van der Waals surface area contributed by atoms with Crippen LogP contribution in [0.5, 0.6) is 0 Å². The summed E-state index contributed by atoms with van der Waals surface area (Å²) in [7, 11) is 0. The number of aliphatic hydroxyl groups is 1. The highest BCUT2D eigenvalue weighted by Gasteiger charge is 2.08. The molecule has 68 valence electrons. The maximum absolute atomic E-state index is 9.13. The molecule has 2 rings (SSSR count). The Morgan fingerprint density at radius 1 is 1.46 bits per heavy atom. The summed E-state index contributed by atoms with van der Waals surface area (Å²) in [6.07, 6.45) is 0. The molecule has 0 aliphatic heterocycles. The quantitative estimate of drug-likeness (QED) is 0.840. The lowest BCUT2D eigenvalue weighted by atomic mass is 10.2.